The van der Waals surface area contributed by atoms with E-state index in [2.05, 4.69) is 5.32 Å². The number of piperidine rings is 1. The van der Waals surface area contributed by atoms with E-state index in [1.165, 1.54) is 0 Å². The Kier molecular flexibility index (Phi) is 3.91. The first kappa shape index (κ1) is 9.92. The molecule has 1 N–H and O–H groups in total. The van der Waals surface area contributed by atoms with Gasteiger partial charge in [0.2, 0.25) is 0 Å². The molecule has 1 fully saturated rings. The molecule has 2 atom stereocenters. The maximum Gasteiger partial charge on any atom is 0.135 e. The summed E-state index contributed by atoms with van der Waals surface area (Å²) in [6.07, 6.45) is 1.43. The van der Waals surface area contributed by atoms with Gasteiger partial charge in [-0.05, 0) is 13.8 Å². The van der Waals surface area contributed by atoms with Crippen LogP contribution in [0.2, 0.25) is 0 Å². The number of rotatable bonds is 0. The van der Waals surface area contributed by atoms with E-state index in [0.717, 1.165) is 0 Å². The first-order chi connectivity index (χ1) is 4.18. The highest BCUT2D eigenvalue weighted by molar-refractivity contribution is 5.85. The third-order valence-electron chi connectivity index (χ3n) is 1.64. The van der Waals surface area contributed by atoms with E-state index in [9.17, 15) is 4.79 Å². The molecule has 1 saturated heterocycles. The van der Waals surface area contributed by atoms with E-state index < -0.39 is 0 Å². The van der Waals surface area contributed by atoms with E-state index in [1.807, 2.05) is 13.8 Å². The van der Waals surface area contributed by atoms with Gasteiger partial charge in [0.25, 0.3) is 0 Å². The summed E-state index contributed by atoms with van der Waals surface area (Å²) in [6, 6.07) is 0.780. The van der Waals surface area contributed by atoms with Gasteiger partial charge >= 0.3 is 0 Å². The zero-order chi connectivity index (χ0) is 6.85. The summed E-state index contributed by atoms with van der Waals surface area (Å²) in [5.74, 6) is 0.397. The topological polar surface area (TPSA) is 29.1 Å². The summed E-state index contributed by atoms with van der Waals surface area (Å²) < 4.78 is 0. The first-order valence-electron chi connectivity index (χ1n) is 3.46. The fraction of sp³-hybridized carbons (Fsp3) is 0.857. The van der Waals surface area contributed by atoms with Gasteiger partial charge in [-0.1, -0.05) is 0 Å². The third kappa shape index (κ3) is 2.67. The van der Waals surface area contributed by atoms with E-state index in [1.54, 1.807) is 0 Å². The lowest BCUT2D eigenvalue weighted by molar-refractivity contribution is -0.121. The van der Waals surface area contributed by atoms with Gasteiger partial charge in [0, 0.05) is 24.9 Å². The molecule has 0 unspecified atom stereocenters. The monoisotopic (exact) mass is 163 g/mol. The van der Waals surface area contributed by atoms with Crippen LogP contribution in [0.15, 0.2) is 0 Å². The van der Waals surface area contributed by atoms with Crippen molar-refractivity contribution in [1.29, 1.82) is 0 Å². The van der Waals surface area contributed by atoms with Gasteiger partial charge in [-0.15, -0.1) is 12.4 Å². The van der Waals surface area contributed by atoms with Crippen molar-refractivity contribution in [3.05, 3.63) is 0 Å². The minimum atomic E-state index is 0. The number of hydrogen-bond donors (Lipinski definition) is 1. The molecule has 0 spiro atoms. The van der Waals surface area contributed by atoms with Gasteiger partial charge in [-0.3, -0.25) is 4.79 Å². The van der Waals surface area contributed by atoms with Gasteiger partial charge in [0.1, 0.15) is 5.78 Å². The molecule has 0 bridgehead atoms. The van der Waals surface area contributed by atoms with Crippen molar-refractivity contribution in [2.45, 2.75) is 38.8 Å². The molecule has 2 nitrogen and oxygen atoms in total. The number of hydrogen-bond acceptors (Lipinski definition) is 2. The van der Waals surface area contributed by atoms with Gasteiger partial charge in [-0.25, -0.2) is 0 Å². The molecule has 0 aromatic carbocycles. The molecule has 0 aromatic rings. The van der Waals surface area contributed by atoms with Gasteiger partial charge < -0.3 is 5.32 Å². The Morgan fingerprint density at radius 2 is 1.70 bits per heavy atom. The molecular weight excluding hydrogens is 150 g/mol. The van der Waals surface area contributed by atoms with Crippen molar-refractivity contribution in [2.75, 3.05) is 0 Å². The van der Waals surface area contributed by atoms with Gasteiger partial charge in [0.15, 0.2) is 0 Å². The lowest BCUT2D eigenvalue weighted by Gasteiger charge is -2.24. The van der Waals surface area contributed by atoms with Crippen LogP contribution in [-0.4, -0.2) is 17.9 Å². The van der Waals surface area contributed by atoms with Crippen LogP contribution in [0, 0.1) is 0 Å². The first-order valence-corrected chi connectivity index (χ1v) is 3.46. The zero-order valence-electron chi connectivity index (χ0n) is 6.39. The molecule has 1 aliphatic heterocycles. The zero-order valence-corrected chi connectivity index (χ0v) is 7.20. The van der Waals surface area contributed by atoms with Crippen molar-refractivity contribution in [1.82, 2.24) is 5.32 Å². The summed E-state index contributed by atoms with van der Waals surface area (Å²) in [4.78, 5) is 10.8. The highest BCUT2D eigenvalue weighted by atomic mass is 35.5. The largest absolute Gasteiger partial charge is 0.311 e. The minimum Gasteiger partial charge on any atom is -0.311 e. The second kappa shape index (κ2) is 3.94. The standard InChI is InChI=1S/C7H13NO.ClH/c1-5-3-7(9)4-6(2)8-5;/h5-6,8H,3-4H2,1-2H3;1H/t5-,6-;/m0./s1. The number of halogens is 1. The fourth-order valence-corrected chi connectivity index (χ4v) is 1.37. The van der Waals surface area contributed by atoms with E-state index in [0.29, 0.717) is 30.7 Å². The van der Waals surface area contributed by atoms with Gasteiger partial charge in [-0.2, -0.15) is 0 Å². The molecule has 1 rings (SSSR count). The Bertz CT molecular complexity index is 115. The van der Waals surface area contributed by atoms with Gasteiger partial charge in [0.05, 0.1) is 0 Å². The molecular formula is C7H14ClNO. The Balaban J connectivity index is 0.000000810. The van der Waals surface area contributed by atoms with Crippen LogP contribution in [-0.2, 0) is 4.79 Å². The predicted octanol–water partition coefficient (Wildman–Crippen LogP) is 1.14. The number of nitrogens with one attached hydrogen (secondary N) is 1. The second-order valence-corrected chi connectivity index (χ2v) is 2.92. The summed E-state index contributed by atoms with van der Waals surface area (Å²) in [7, 11) is 0. The molecule has 0 aliphatic carbocycles. The molecule has 0 aromatic heterocycles. The SMILES string of the molecule is C[C@H]1CC(=O)C[C@H](C)N1.Cl. The number of Topliss-reactive ketones (excluding diaryl/α,β-unsaturated/α-hetero) is 1. The van der Waals surface area contributed by atoms with E-state index >= 15 is 0 Å². The average Bonchev–Trinajstić information content (AvgIpc) is 1.59. The molecule has 10 heavy (non-hydrogen) atoms. The Hall–Kier alpha value is -0.0800. The molecule has 3 heteroatoms. The average molecular weight is 164 g/mol. The summed E-state index contributed by atoms with van der Waals surface area (Å²) in [5.41, 5.74) is 0. The summed E-state index contributed by atoms with van der Waals surface area (Å²) in [5, 5.41) is 3.29. The molecule has 1 heterocycles. The maximum atomic E-state index is 10.8. The third-order valence-corrected chi connectivity index (χ3v) is 1.64. The number of carbonyl (C=O) groups is 1. The fourth-order valence-electron chi connectivity index (χ4n) is 1.37. The van der Waals surface area contributed by atoms with Crippen molar-refractivity contribution in [3.63, 3.8) is 0 Å². The summed E-state index contributed by atoms with van der Waals surface area (Å²) >= 11 is 0. The molecule has 0 amide bonds. The lowest BCUT2D eigenvalue weighted by Crippen LogP contribution is -2.42. The van der Waals surface area contributed by atoms with E-state index in [-0.39, 0.29) is 12.4 Å². The molecule has 0 radical (unpaired) electrons. The molecule has 1 aliphatic rings. The number of ketones is 1. The minimum absolute atomic E-state index is 0. The molecule has 0 saturated carbocycles. The van der Waals surface area contributed by atoms with Crippen LogP contribution in [0.5, 0.6) is 0 Å². The molecule has 60 valence electrons. The smallest absolute Gasteiger partial charge is 0.135 e. The summed E-state index contributed by atoms with van der Waals surface area (Å²) in [6.45, 7) is 4.10. The van der Waals surface area contributed by atoms with E-state index in [4.69, 9.17) is 0 Å². The predicted molar refractivity (Wildman–Crippen MR) is 43.5 cm³/mol. The Morgan fingerprint density at radius 3 is 2.00 bits per heavy atom. The Morgan fingerprint density at radius 1 is 1.30 bits per heavy atom. The quantitative estimate of drug-likeness (QED) is 0.580. The van der Waals surface area contributed by atoms with Crippen molar-refractivity contribution < 1.29 is 4.79 Å². The second-order valence-electron chi connectivity index (χ2n) is 2.92. The highest BCUT2D eigenvalue weighted by Crippen LogP contribution is 2.07. The Labute approximate surface area is 67.8 Å². The highest BCUT2D eigenvalue weighted by Gasteiger charge is 2.19. The lowest BCUT2D eigenvalue weighted by atomic mass is 10.00. The van der Waals surface area contributed by atoms with Crippen LogP contribution in [0.3, 0.4) is 0 Å². The maximum absolute atomic E-state index is 10.8. The number of carbonyl (C=O) groups excluding carboxylic acids is 1. The van der Waals surface area contributed by atoms with Crippen LogP contribution in [0.1, 0.15) is 26.7 Å². The van der Waals surface area contributed by atoms with Crippen LogP contribution in [0.4, 0.5) is 0 Å². The van der Waals surface area contributed by atoms with Crippen molar-refractivity contribution in [2.24, 2.45) is 0 Å². The van der Waals surface area contributed by atoms with Crippen LogP contribution in [0.25, 0.3) is 0 Å². The van der Waals surface area contributed by atoms with Crippen LogP contribution < -0.4 is 5.32 Å². The van der Waals surface area contributed by atoms with Crippen molar-refractivity contribution in [3.8, 4) is 0 Å². The normalized spacial score (nSPS) is 33.2. The van der Waals surface area contributed by atoms with Crippen molar-refractivity contribution >= 4 is 18.2 Å². The van der Waals surface area contributed by atoms with Crippen LogP contribution >= 0.6 is 12.4 Å².